The Bertz CT molecular complexity index is 550. The van der Waals surface area contributed by atoms with Gasteiger partial charge in [0.2, 0.25) is 0 Å². The second kappa shape index (κ2) is 4.45. The minimum absolute atomic E-state index is 0.462. The summed E-state index contributed by atoms with van der Waals surface area (Å²) in [6.07, 6.45) is 1.76. The third-order valence-electron chi connectivity index (χ3n) is 2.87. The van der Waals surface area contributed by atoms with Crippen LogP contribution in [0.5, 0.6) is 5.75 Å². The van der Waals surface area contributed by atoms with E-state index in [-0.39, 0.29) is 0 Å². The summed E-state index contributed by atoms with van der Waals surface area (Å²) in [5.74, 6) is 2.11. The fraction of sp³-hybridized carbons (Fsp3) is 0.500. The highest BCUT2D eigenvalue weighted by Crippen LogP contribution is 2.39. The molecule has 0 bridgehead atoms. The fourth-order valence-corrected chi connectivity index (χ4v) is 2.79. The molecular formula is C10H14N6OS. The highest BCUT2D eigenvalue weighted by atomic mass is 32.1. The first-order valence-corrected chi connectivity index (χ1v) is 6.56. The number of ether oxygens (including phenoxy) is 1. The van der Waals surface area contributed by atoms with Crippen molar-refractivity contribution in [2.75, 3.05) is 23.8 Å². The van der Waals surface area contributed by atoms with Crippen LogP contribution < -0.4 is 15.4 Å². The topological polar surface area (TPSA) is 82.1 Å². The largest absolute Gasteiger partial charge is 0.487 e. The van der Waals surface area contributed by atoms with Crippen LogP contribution in [0.4, 0.5) is 10.8 Å². The fourth-order valence-electron chi connectivity index (χ4n) is 2.01. The van der Waals surface area contributed by atoms with Gasteiger partial charge in [0.05, 0.1) is 13.2 Å². The van der Waals surface area contributed by atoms with Crippen LogP contribution in [-0.4, -0.2) is 32.3 Å². The van der Waals surface area contributed by atoms with E-state index in [4.69, 9.17) is 10.5 Å². The molecule has 2 aromatic heterocycles. The summed E-state index contributed by atoms with van der Waals surface area (Å²) in [6.45, 7) is 4.98. The van der Waals surface area contributed by atoms with Gasteiger partial charge in [-0.3, -0.25) is 0 Å². The van der Waals surface area contributed by atoms with E-state index in [1.165, 1.54) is 11.5 Å². The lowest BCUT2D eigenvalue weighted by molar-refractivity contribution is 0.342. The first-order chi connectivity index (χ1) is 8.79. The van der Waals surface area contributed by atoms with Gasteiger partial charge in [-0.25, -0.2) is 0 Å². The normalized spacial score (nSPS) is 14.6. The van der Waals surface area contributed by atoms with Gasteiger partial charge in [-0.05, 0) is 18.5 Å². The minimum atomic E-state index is 0.462. The van der Waals surface area contributed by atoms with Crippen molar-refractivity contribution in [1.29, 1.82) is 0 Å². The van der Waals surface area contributed by atoms with Crippen LogP contribution in [0.3, 0.4) is 0 Å². The van der Waals surface area contributed by atoms with Crippen LogP contribution in [0.25, 0.3) is 0 Å². The average Bonchev–Trinajstić information content (AvgIpc) is 2.97. The Labute approximate surface area is 108 Å². The molecule has 7 nitrogen and oxygen atoms in total. The summed E-state index contributed by atoms with van der Waals surface area (Å²) in [6, 6.07) is 0. The van der Waals surface area contributed by atoms with E-state index >= 15 is 0 Å². The van der Waals surface area contributed by atoms with E-state index in [9.17, 15) is 0 Å². The zero-order valence-corrected chi connectivity index (χ0v) is 10.9. The number of anilines is 2. The number of nitrogens with two attached hydrogens (primary N) is 1. The van der Waals surface area contributed by atoms with Crippen LogP contribution >= 0.6 is 11.5 Å². The van der Waals surface area contributed by atoms with Crippen molar-refractivity contribution in [2.45, 2.75) is 20.0 Å². The Balaban J connectivity index is 1.88. The van der Waals surface area contributed by atoms with E-state index in [1.54, 1.807) is 6.33 Å². The van der Waals surface area contributed by atoms with Gasteiger partial charge >= 0.3 is 0 Å². The zero-order chi connectivity index (χ0) is 12.5. The Kier molecular flexibility index (Phi) is 2.78. The van der Waals surface area contributed by atoms with Crippen molar-refractivity contribution in [3.8, 4) is 5.75 Å². The number of nitrogens with zero attached hydrogens (tertiary/aromatic N) is 5. The molecule has 0 atom stereocenters. The van der Waals surface area contributed by atoms with Crippen molar-refractivity contribution in [3.63, 3.8) is 0 Å². The predicted molar refractivity (Wildman–Crippen MR) is 68.8 cm³/mol. The molecule has 8 heteroatoms. The number of aromatic nitrogens is 4. The number of hydrogen-bond acceptors (Lipinski definition) is 7. The van der Waals surface area contributed by atoms with Gasteiger partial charge in [0.25, 0.3) is 0 Å². The first-order valence-electron chi connectivity index (χ1n) is 5.79. The van der Waals surface area contributed by atoms with E-state index in [0.717, 1.165) is 23.9 Å². The third kappa shape index (κ3) is 1.78. The summed E-state index contributed by atoms with van der Waals surface area (Å²) < 4.78 is 11.8. The molecular weight excluding hydrogens is 252 g/mol. The van der Waals surface area contributed by atoms with Crippen molar-refractivity contribution in [2.24, 2.45) is 0 Å². The molecule has 0 spiro atoms. The second-order valence-corrected chi connectivity index (χ2v) is 4.75. The first kappa shape index (κ1) is 11.3. The number of fused-ring (bicyclic) bond motifs is 1. The number of rotatable bonds is 3. The molecule has 0 saturated carbocycles. The molecule has 0 saturated heterocycles. The lowest BCUT2D eigenvalue weighted by Crippen LogP contribution is -2.33. The van der Waals surface area contributed by atoms with Gasteiger partial charge in [-0.1, -0.05) is 0 Å². The molecule has 0 unspecified atom stereocenters. The molecule has 2 N–H and O–H groups in total. The van der Waals surface area contributed by atoms with Crippen molar-refractivity contribution in [3.05, 3.63) is 12.2 Å². The second-order valence-electron chi connectivity index (χ2n) is 4.00. The summed E-state index contributed by atoms with van der Waals surface area (Å²) in [5.41, 5.74) is 5.82. The van der Waals surface area contributed by atoms with Crippen LogP contribution in [0.15, 0.2) is 6.33 Å². The molecule has 18 heavy (non-hydrogen) atoms. The van der Waals surface area contributed by atoms with Crippen LogP contribution in [0.2, 0.25) is 0 Å². The van der Waals surface area contributed by atoms with Crippen LogP contribution in [0, 0.1) is 0 Å². The third-order valence-corrected chi connectivity index (χ3v) is 3.78. The van der Waals surface area contributed by atoms with Crippen LogP contribution in [0.1, 0.15) is 12.7 Å². The molecule has 0 amide bonds. The molecule has 2 aromatic rings. The highest BCUT2D eigenvalue weighted by Gasteiger charge is 2.24. The molecule has 0 radical (unpaired) electrons. The van der Waals surface area contributed by atoms with Gasteiger partial charge in [-0.15, -0.1) is 10.2 Å². The smallest absolute Gasteiger partial charge is 0.197 e. The van der Waals surface area contributed by atoms with Crippen molar-refractivity contribution in [1.82, 2.24) is 19.1 Å². The summed E-state index contributed by atoms with van der Waals surface area (Å²) in [5, 5.41) is 8.99. The molecule has 96 valence electrons. The average molecular weight is 266 g/mol. The maximum absolute atomic E-state index is 5.82. The highest BCUT2D eigenvalue weighted by molar-refractivity contribution is 7.11. The molecule has 0 fully saturated rings. The Hall–Kier alpha value is -1.83. The van der Waals surface area contributed by atoms with E-state index in [1.807, 2.05) is 6.92 Å². The zero-order valence-electron chi connectivity index (χ0n) is 10.0. The van der Waals surface area contributed by atoms with Gasteiger partial charge in [0.1, 0.15) is 6.33 Å². The van der Waals surface area contributed by atoms with Gasteiger partial charge in [0, 0.05) is 13.1 Å². The monoisotopic (exact) mass is 266 g/mol. The van der Waals surface area contributed by atoms with Crippen molar-refractivity contribution >= 4 is 22.4 Å². The van der Waals surface area contributed by atoms with E-state index < -0.39 is 0 Å². The maximum atomic E-state index is 5.82. The summed E-state index contributed by atoms with van der Waals surface area (Å²) in [4.78, 5) is 2.18. The molecule has 0 aliphatic carbocycles. The van der Waals surface area contributed by atoms with E-state index in [0.29, 0.717) is 24.7 Å². The van der Waals surface area contributed by atoms with Gasteiger partial charge in [0.15, 0.2) is 22.4 Å². The van der Waals surface area contributed by atoms with Gasteiger partial charge < -0.3 is 19.9 Å². The lowest BCUT2D eigenvalue weighted by Gasteiger charge is -2.27. The van der Waals surface area contributed by atoms with Crippen molar-refractivity contribution < 1.29 is 4.74 Å². The van der Waals surface area contributed by atoms with Gasteiger partial charge in [-0.2, -0.15) is 4.37 Å². The standard InChI is InChI=1S/C10H14N6OS/c1-2-17-8-9(11)14-18-10(8)15-3-4-16-6-12-13-7(16)5-15/h6H,2-5H2,1H3,(H2,11,14). The molecule has 1 aliphatic heterocycles. The lowest BCUT2D eigenvalue weighted by atomic mass is 10.3. The molecule has 1 aliphatic rings. The Morgan fingerprint density at radius 2 is 2.39 bits per heavy atom. The predicted octanol–water partition coefficient (Wildman–Crippen LogP) is 0.736. The number of nitrogen functional groups attached to an aromatic ring is 1. The number of hydrogen-bond donors (Lipinski definition) is 1. The SMILES string of the molecule is CCOc1c(N)nsc1N1CCn2cnnc2C1. The van der Waals surface area contributed by atoms with Crippen LogP contribution in [-0.2, 0) is 13.1 Å². The quantitative estimate of drug-likeness (QED) is 0.882. The Morgan fingerprint density at radius 3 is 3.22 bits per heavy atom. The maximum Gasteiger partial charge on any atom is 0.197 e. The molecule has 3 heterocycles. The minimum Gasteiger partial charge on any atom is -0.487 e. The Morgan fingerprint density at radius 1 is 1.50 bits per heavy atom. The summed E-state index contributed by atoms with van der Waals surface area (Å²) >= 11 is 1.37. The molecule has 3 rings (SSSR count). The molecule has 0 aromatic carbocycles. The summed E-state index contributed by atoms with van der Waals surface area (Å²) in [7, 11) is 0. The van der Waals surface area contributed by atoms with E-state index in [2.05, 4.69) is 24.0 Å².